The van der Waals surface area contributed by atoms with E-state index in [9.17, 15) is 32.7 Å². The summed E-state index contributed by atoms with van der Waals surface area (Å²) in [6.07, 6.45) is -4.43. The Labute approximate surface area is 278 Å². The monoisotopic (exact) mass is 685 g/mol. The molecular formula is C33H40ClF4N3O4S. The Morgan fingerprint density at radius 3 is 2.28 bits per heavy atom. The van der Waals surface area contributed by atoms with Crippen LogP contribution in [0.5, 0.6) is 0 Å². The molecule has 0 bridgehead atoms. The Balaban J connectivity index is 0.00000736. The largest absolute Gasteiger partial charge is 0.481 e. The van der Waals surface area contributed by atoms with Crippen molar-refractivity contribution in [1.29, 1.82) is 0 Å². The lowest BCUT2D eigenvalue weighted by Gasteiger charge is -2.27. The first kappa shape index (κ1) is 38.8. The standard InChI is InChI=1S/C33H38ClF4N3O4.H2S/c1-18(2)12-27(41-17-21(10-11-40(5)6)24(15-28(41)42)33(36,37)38)32(45)39-26(16-29(43)44)23-14-22(13-20(4)31(23)35)30-19(3)8-7-9-25(30)34;/h7-9,13-15,17-18,26-27H,10-12,16H2,1-6H3,(H,39,45)(H,43,44);1H2/t26-,27?;/m0./s1. The van der Waals surface area contributed by atoms with Crippen molar-refractivity contribution in [3.05, 3.63) is 91.6 Å². The molecule has 0 saturated heterocycles. The maximum atomic E-state index is 15.7. The van der Waals surface area contributed by atoms with Crippen LogP contribution >= 0.6 is 25.1 Å². The topological polar surface area (TPSA) is 91.6 Å². The van der Waals surface area contributed by atoms with Crippen molar-refractivity contribution in [2.45, 2.75) is 65.2 Å². The number of carbonyl (C=O) groups excluding carboxylic acids is 1. The number of alkyl halides is 3. The summed E-state index contributed by atoms with van der Waals surface area (Å²) in [6.45, 7) is 7.13. The summed E-state index contributed by atoms with van der Waals surface area (Å²) in [4.78, 5) is 40.6. The number of rotatable bonds is 12. The highest BCUT2D eigenvalue weighted by Gasteiger charge is 2.36. The molecule has 0 aliphatic carbocycles. The van der Waals surface area contributed by atoms with Crippen LogP contribution in [0.1, 0.15) is 66.6 Å². The fourth-order valence-corrected chi connectivity index (χ4v) is 5.64. The maximum absolute atomic E-state index is 15.7. The third-order valence-electron chi connectivity index (χ3n) is 7.49. The third-order valence-corrected chi connectivity index (χ3v) is 7.81. The quantitative estimate of drug-likeness (QED) is 0.199. The van der Waals surface area contributed by atoms with Crippen LogP contribution in [0.2, 0.25) is 5.02 Å². The SMILES string of the molecule is Cc1cc(-c2c(C)cccc2Cl)cc([C@H](CC(=O)O)NC(=O)C(CC(C)C)n2cc(CCN(C)C)c(C(F)(F)F)cc2=O)c1F.S. The molecule has 13 heteroatoms. The first-order chi connectivity index (χ1) is 20.9. The van der Waals surface area contributed by atoms with E-state index in [1.807, 2.05) is 13.0 Å². The normalized spacial score (nSPS) is 13.0. The molecule has 2 atom stereocenters. The summed E-state index contributed by atoms with van der Waals surface area (Å²) in [7, 11) is 3.40. The summed E-state index contributed by atoms with van der Waals surface area (Å²) < 4.78 is 58.2. The van der Waals surface area contributed by atoms with Crippen LogP contribution in [0.15, 0.2) is 47.4 Å². The number of halogens is 5. The first-order valence-electron chi connectivity index (χ1n) is 14.4. The minimum Gasteiger partial charge on any atom is -0.481 e. The van der Waals surface area contributed by atoms with Crippen LogP contribution in [-0.2, 0) is 22.2 Å². The number of hydrogen-bond donors (Lipinski definition) is 2. The van der Waals surface area contributed by atoms with E-state index in [0.29, 0.717) is 22.2 Å². The Kier molecular flexibility index (Phi) is 13.5. The van der Waals surface area contributed by atoms with Crippen molar-refractivity contribution in [1.82, 2.24) is 14.8 Å². The van der Waals surface area contributed by atoms with Crippen LogP contribution < -0.4 is 10.9 Å². The van der Waals surface area contributed by atoms with Gasteiger partial charge in [-0.3, -0.25) is 14.4 Å². The molecule has 0 fully saturated rings. The number of nitrogens with zero attached hydrogens (tertiary/aromatic N) is 2. The Bertz CT molecular complexity index is 1610. The number of aliphatic carboxylic acids is 1. The number of benzene rings is 2. The highest BCUT2D eigenvalue weighted by atomic mass is 35.5. The number of aromatic nitrogens is 1. The maximum Gasteiger partial charge on any atom is 0.416 e. The molecule has 1 heterocycles. The minimum atomic E-state index is -4.79. The molecule has 7 nitrogen and oxygen atoms in total. The average Bonchev–Trinajstić information content (AvgIpc) is 2.91. The number of aryl methyl sites for hydroxylation is 2. The summed E-state index contributed by atoms with van der Waals surface area (Å²) in [5.74, 6) is -3.07. The molecule has 1 unspecified atom stereocenters. The summed E-state index contributed by atoms with van der Waals surface area (Å²) in [5, 5.41) is 12.7. The summed E-state index contributed by atoms with van der Waals surface area (Å²) in [5.41, 5.74) is -0.273. The van der Waals surface area contributed by atoms with Crippen molar-refractivity contribution in [2.24, 2.45) is 5.92 Å². The zero-order chi connectivity index (χ0) is 33.8. The first-order valence-corrected chi connectivity index (χ1v) is 14.8. The van der Waals surface area contributed by atoms with Gasteiger partial charge in [0, 0.05) is 35.0 Å². The van der Waals surface area contributed by atoms with Gasteiger partial charge in [-0.1, -0.05) is 37.6 Å². The number of amides is 1. The van der Waals surface area contributed by atoms with E-state index in [1.54, 1.807) is 51.0 Å². The number of likely N-dealkylation sites (N-methyl/N-ethyl adjacent to an activating group) is 1. The number of carboxylic acid groups (broad SMARTS) is 1. The summed E-state index contributed by atoms with van der Waals surface area (Å²) >= 11 is 6.46. The number of hydrogen-bond acceptors (Lipinski definition) is 4. The van der Waals surface area contributed by atoms with Crippen LogP contribution in [0.3, 0.4) is 0 Å². The molecule has 0 radical (unpaired) electrons. The Morgan fingerprint density at radius 2 is 1.74 bits per heavy atom. The van der Waals surface area contributed by atoms with Crippen LogP contribution in [-0.4, -0.2) is 47.1 Å². The van der Waals surface area contributed by atoms with Gasteiger partial charge in [-0.25, -0.2) is 4.39 Å². The van der Waals surface area contributed by atoms with Gasteiger partial charge in [-0.2, -0.15) is 26.7 Å². The predicted molar refractivity (Wildman–Crippen MR) is 176 cm³/mol. The summed E-state index contributed by atoms with van der Waals surface area (Å²) in [6, 6.07) is 6.08. The fourth-order valence-electron chi connectivity index (χ4n) is 5.31. The lowest BCUT2D eigenvalue weighted by Crippen LogP contribution is -2.41. The average molecular weight is 686 g/mol. The fraction of sp³-hybridized carbons (Fsp3) is 0.424. The predicted octanol–water partition coefficient (Wildman–Crippen LogP) is 7.08. The number of nitrogens with one attached hydrogen (secondary N) is 1. The second-order valence-corrected chi connectivity index (χ2v) is 12.3. The lowest BCUT2D eigenvalue weighted by molar-refractivity contribution is -0.139. The van der Waals surface area contributed by atoms with Crippen molar-refractivity contribution in [2.75, 3.05) is 20.6 Å². The minimum absolute atomic E-state index is 0. The van der Waals surface area contributed by atoms with E-state index < -0.39 is 53.5 Å². The molecular weight excluding hydrogens is 646 g/mol. The van der Waals surface area contributed by atoms with E-state index in [0.717, 1.165) is 16.3 Å². The van der Waals surface area contributed by atoms with Crippen molar-refractivity contribution in [3.63, 3.8) is 0 Å². The molecule has 3 rings (SSSR count). The highest BCUT2D eigenvalue weighted by molar-refractivity contribution is 7.59. The molecule has 0 aliphatic rings. The molecule has 0 saturated carbocycles. The van der Waals surface area contributed by atoms with E-state index in [2.05, 4.69) is 5.32 Å². The molecule has 46 heavy (non-hydrogen) atoms. The van der Waals surface area contributed by atoms with Gasteiger partial charge >= 0.3 is 12.1 Å². The Morgan fingerprint density at radius 1 is 1.09 bits per heavy atom. The van der Waals surface area contributed by atoms with Gasteiger partial charge in [0.15, 0.2) is 0 Å². The molecule has 0 aliphatic heterocycles. The zero-order valence-corrected chi connectivity index (χ0v) is 28.3. The van der Waals surface area contributed by atoms with Crippen LogP contribution in [0.25, 0.3) is 11.1 Å². The van der Waals surface area contributed by atoms with Crippen LogP contribution in [0.4, 0.5) is 17.6 Å². The molecule has 2 N–H and O–H groups in total. The highest BCUT2D eigenvalue weighted by Crippen LogP contribution is 2.36. The van der Waals surface area contributed by atoms with E-state index >= 15 is 4.39 Å². The molecule has 1 aromatic heterocycles. The van der Waals surface area contributed by atoms with E-state index in [-0.39, 0.29) is 55.5 Å². The van der Waals surface area contributed by atoms with Gasteiger partial charge < -0.3 is 19.9 Å². The Hall–Kier alpha value is -3.35. The third kappa shape index (κ3) is 9.59. The van der Waals surface area contributed by atoms with Crippen molar-refractivity contribution >= 4 is 37.0 Å². The smallest absolute Gasteiger partial charge is 0.416 e. The van der Waals surface area contributed by atoms with Crippen molar-refractivity contribution < 1.29 is 32.3 Å². The van der Waals surface area contributed by atoms with Gasteiger partial charge in [-0.05, 0) is 87.2 Å². The molecule has 0 spiro atoms. The number of pyridine rings is 1. The number of carbonyl (C=O) groups is 2. The second kappa shape index (κ2) is 16.0. The van der Waals surface area contributed by atoms with Gasteiger partial charge in [0.05, 0.1) is 18.0 Å². The van der Waals surface area contributed by atoms with E-state index in [1.165, 1.54) is 13.0 Å². The second-order valence-electron chi connectivity index (χ2n) is 11.9. The number of carboxylic acids is 1. The lowest BCUT2D eigenvalue weighted by atomic mass is 9.92. The molecule has 2 aromatic carbocycles. The van der Waals surface area contributed by atoms with Gasteiger partial charge in [0.25, 0.3) is 5.56 Å². The van der Waals surface area contributed by atoms with Crippen molar-refractivity contribution in [3.8, 4) is 11.1 Å². The zero-order valence-electron chi connectivity index (χ0n) is 26.6. The van der Waals surface area contributed by atoms with Gasteiger partial charge in [0.1, 0.15) is 11.9 Å². The van der Waals surface area contributed by atoms with Gasteiger partial charge in [-0.15, -0.1) is 0 Å². The molecule has 3 aromatic rings. The van der Waals surface area contributed by atoms with Crippen LogP contribution in [0, 0.1) is 25.6 Å². The van der Waals surface area contributed by atoms with Gasteiger partial charge in [0.2, 0.25) is 5.91 Å². The molecule has 252 valence electrons. The molecule has 1 amide bonds. The van der Waals surface area contributed by atoms with E-state index in [4.69, 9.17) is 11.6 Å².